The van der Waals surface area contributed by atoms with Crippen LogP contribution in [0.5, 0.6) is 0 Å². The molecule has 0 aliphatic heterocycles. The minimum absolute atomic E-state index is 0.195. The van der Waals surface area contributed by atoms with Crippen molar-refractivity contribution in [3.63, 3.8) is 0 Å². The van der Waals surface area contributed by atoms with Crippen molar-refractivity contribution in [2.75, 3.05) is 9.80 Å². The lowest BCUT2D eigenvalue weighted by atomic mass is 9.69. The lowest BCUT2D eigenvalue weighted by Gasteiger charge is -2.36. The Morgan fingerprint density at radius 2 is 0.948 bits per heavy atom. The van der Waals surface area contributed by atoms with Gasteiger partial charge in [-0.15, -0.1) is 11.3 Å². The molecule has 1 aromatic heterocycles. The van der Waals surface area contributed by atoms with Gasteiger partial charge in [-0.2, -0.15) is 0 Å². The van der Waals surface area contributed by atoms with Crippen molar-refractivity contribution in [1.29, 1.82) is 0 Å². The van der Waals surface area contributed by atoms with E-state index in [0.29, 0.717) is 11.5 Å². The third kappa shape index (κ3) is 6.46. The molecule has 3 aliphatic rings. The molecule has 0 N–H and O–H groups in total. The highest BCUT2D eigenvalue weighted by molar-refractivity contribution is 7.26. The molecule has 12 aromatic rings. The molecule has 0 bridgehead atoms. The molecule has 368 valence electrons. The molecule has 4 heteroatoms. The van der Waals surface area contributed by atoms with Gasteiger partial charge in [-0.25, -0.2) is 4.39 Å². The van der Waals surface area contributed by atoms with Crippen molar-refractivity contribution >= 4 is 65.6 Å². The highest BCUT2D eigenvalue weighted by atomic mass is 32.1. The Bertz CT molecular complexity index is 4310. The van der Waals surface area contributed by atoms with Crippen LogP contribution in [-0.2, 0) is 10.8 Å². The first-order chi connectivity index (χ1) is 37.7. The normalized spacial score (nSPS) is 15.1. The molecule has 1 spiro atoms. The number of halogens is 1. The van der Waals surface area contributed by atoms with E-state index in [9.17, 15) is 0 Å². The first-order valence-corrected chi connectivity index (χ1v) is 27.7. The van der Waals surface area contributed by atoms with Gasteiger partial charge in [0.2, 0.25) is 0 Å². The second-order valence-corrected chi connectivity index (χ2v) is 22.8. The molecule has 0 radical (unpaired) electrons. The number of para-hydroxylation sites is 2. The zero-order chi connectivity index (χ0) is 51.7. The van der Waals surface area contributed by atoms with E-state index in [4.69, 9.17) is 0 Å². The Morgan fingerprint density at radius 1 is 0.403 bits per heavy atom. The fraction of sp³-hybridized carbons (Fsp3) is 0.0959. The minimum Gasteiger partial charge on any atom is -0.310 e. The van der Waals surface area contributed by atoms with E-state index < -0.39 is 10.8 Å². The molecule has 3 aliphatic carbocycles. The maximum Gasteiger partial charge on any atom is 0.131 e. The van der Waals surface area contributed by atoms with Crippen LogP contribution in [0, 0.1) is 5.82 Å². The second-order valence-electron chi connectivity index (χ2n) is 21.8. The molecule has 1 unspecified atom stereocenters. The molecule has 2 nitrogen and oxygen atoms in total. The number of fused-ring (bicyclic) bond motifs is 16. The SMILES string of the molecule is CC(C)c1cccc2c1sc1c(N(c3ccc(-c4ccccc4)cc3)c3ccc4c(c3)C(C)(C)c3c-4cc4c(c3N(c3ccccc3)c3ccccc3)-c3ccccc3C43c4ccccc4-c4c(F)cccc43)cccc12. The summed E-state index contributed by atoms with van der Waals surface area (Å²) in [6.07, 6.45) is 0. The molecule has 1 atom stereocenters. The molecular weight excluding hydrogens is 956 g/mol. The van der Waals surface area contributed by atoms with Gasteiger partial charge >= 0.3 is 0 Å². The van der Waals surface area contributed by atoms with Gasteiger partial charge in [-0.05, 0) is 145 Å². The van der Waals surface area contributed by atoms with Crippen molar-refractivity contribution in [3.05, 3.63) is 287 Å². The van der Waals surface area contributed by atoms with Gasteiger partial charge in [-0.3, -0.25) is 0 Å². The number of nitrogens with zero attached hydrogens (tertiary/aromatic N) is 2. The van der Waals surface area contributed by atoms with Crippen LogP contribution in [0.4, 0.5) is 38.5 Å². The molecule has 0 saturated carbocycles. The summed E-state index contributed by atoms with van der Waals surface area (Å²) in [6.45, 7) is 9.45. The summed E-state index contributed by atoms with van der Waals surface area (Å²) < 4.78 is 19.4. The smallest absolute Gasteiger partial charge is 0.131 e. The lowest BCUT2D eigenvalue weighted by Crippen LogP contribution is -2.27. The quantitative estimate of drug-likeness (QED) is 0.150. The average Bonchev–Trinajstić information content (AvgIpc) is 3.94. The van der Waals surface area contributed by atoms with Crippen LogP contribution in [0.1, 0.15) is 72.6 Å². The number of anilines is 6. The topological polar surface area (TPSA) is 6.48 Å². The highest BCUT2D eigenvalue weighted by Gasteiger charge is 2.55. The fourth-order valence-electron chi connectivity index (χ4n) is 13.8. The Hall–Kier alpha value is -8.83. The van der Waals surface area contributed by atoms with Gasteiger partial charge < -0.3 is 9.80 Å². The van der Waals surface area contributed by atoms with E-state index in [-0.39, 0.29) is 5.82 Å². The molecular formula is C73H53FN2S. The summed E-state index contributed by atoms with van der Waals surface area (Å²) in [7, 11) is 0. The second kappa shape index (κ2) is 17.1. The van der Waals surface area contributed by atoms with E-state index in [2.05, 4.69) is 268 Å². The van der Waals surface area contributed by atoms with E-state index in [1.165, 1.54) is 81.4 Å². The minimum atomic E-state index is -0.781. The third-order valence-corrected chi connectivity index (χ3v) is 18.3. The van der Waals surface area contributed by atoms with Crippen LogP contribution in [0.3, 0.4) is 0 Å². The molecule has 0 saturated heterocycles. The average molecular weight is 1010 g/mol. The van der Waals surface area contributed by atoms with Gasteiger partial charge in [0, 0.05) is 54.8 Å². The van der Waals surface area contributed by atoms with Crippen LogP contribution in [-0.4, -0.2) is 0 Å². The summed E-state index contributed by atoms with van der Waals surface area (Å²) in [5.74, 6) is 0.199. The van der Waals surface area contributed by atoms with E-state index in [1.54, 1.807) is 6.07 Å². The first-order valence-electron chi connectivity index (χ1n) is 26.9. The van der Waals surface area contributed by atoms with Gasteiger partial charge in [0.25, 0.3) is 0 Å². The van der Waals surface area contributed by atoms with Crippen LogP contribution in [0.2, 0.25) is 0 Å². The number of hydrogen-bond acceptors (Lipinski definition) is 3. The highest BCUT2D eigenvalue weighted by Crippen LogP contribution is 2.69. The van der Waals surface area contributed by atoms with Crippen LogP contribution < -0.4 is 9.80 Å². The summed E-state index contributed by atoms with van der Waals surface area (Å²) in [5.41, 5.74) is 22.4. The number of rotatable bonds is 8. The van der Waals surface area contributed by atoms with Crippen molar-refractivity contribution in [1.82, 2.24) is 0 Å². The number of thiophene rings is 1. The Balaban J connectivity index is 1.02. The standard InChI is InChI=1S/C73H53FN2S/c1-45(2)52-29-18-30-54-55-31-19-36-65(71(55)77-70(52)54)75(50-39-37-47(38-40-50)46-21-8-5-9-22-46)51-41-42-53-58-44-63-67(57-28-15-17-33-60(57)73(63)59-32-16-14-27-56(59)66-61(73)34-20-35-64(66)74)69(68(58)72(3,4)62(53)43-51)76(48-23-10-6-11-24-48)49-25-12-7-13-26-49/h5-45H,1-4H3. The summed E-state index contributed by atoms with van der Waals surface area (Å²) >= 11 is 1.91. The van der Waals surface area contributed by atoms with Gasteiger partial charge in [0.15, 0.2) is 0 Å². The zero-order valence-electron chi connectivity index (χ0n) is 43.4. The predicted octanol–water partition coefficient (Wildman–Crippen LogP) is 20.6. The number of hydrogen-bond donors (Lipinski definition) is 0. The summed E-state index contributed by atoms with van der Waals surface area (Å²) in [6, 6.07) is 88.0. The summed E-state index contributed by atoms with van der Waals surface area (Å²) in [4.78, 5) is 5.00. The molecule has 0 fully saturated rings. The van der Waals surface area contributed by atoms with Crippen LogP contribution >= 0.6 is 11.3 Å². The van der Waals surface area contributed by atoms with Gasteiger partial charge in [0.1, 0.15) is 5.82 Å². The maximum absolute atomic E-state index is 16.8. The summed E-state index contributed by atoms with van der Waals surface area (Å²) in [5, 5.41) is 2.58. The fourth-order valence-corrected chi connectivity index (χ4v) is 15.2. The maximum atomic E-state index is 16.8. The van der Waals surface area contributed by atoms with Crippen molar-refractivity contribution in [2.24, 2.45) is 0 Å². The van der Waals surface area contributed by atoms with E-state index in [0.717, 1.165) is 50.8 Å². The molecule has 15 rings (SSSR count). The Kier molecular flexibility index (Phi) is 10.1. The lowest BCUT2D eigenvalue weighted by molar-refractivity contribution is 0.629. The van der Waals surface area contributed by atoms with E-state index >= 15 is 4.39 Å². The Morgan fingerprint density at radius 3 is 1.62 bits per heavy atom. The Labute approximate surface area is 453 Å². The molecule has 1 heterocycles. The number of benzene rings is 11. The van der Waals surface area contributed by atoms with Crippen LogP contribution in [0.15, 0.2) is 243 Å². The molecule has 11 aromatic carbocycles. The molecule has 77 heavy (non-hydrogen) atoms. The largest absolute Gasteiger partial charge is 0.310 e. The van der Waals surface area contributed by atoms with Crippen molar-refractivity contribution in [2.45, 2.75) is 44.4 Å². The van der Waals surface area contributed by atoms with Gasteiger partial charge in [-0.1, -0.05) is 204 Å². The first kappa shape index (κ1) is 45.6. The van der Waals surface area contributed by atoms with E-state index in [1.807, 2.05) is 17.4 Å². The van der Waals surface area contributed by atoms with Crippen molar-refractivity contribution < 1.29 is 4.39 Å². The monoisotopic (exact) mass is 1010 g/mol. The van der Waals surface area contributed by atoms with Crippen molar-refractivity contribution in [3.8, 4) is 44.5 Å². The zero-order valence-corrected chi connectivity index (χ0v) is 44.2. The predicted molar refractivity (Wildman–Crippen MR) is 322 cm³/mol. The van der Waals surface area contributed by atoms with Crippen LogP contribution in [0.25, 0.3) is 64.7 Å². The van der Waals surface area contributed by atoms with Gasteiger partial charge in [0.05, 0.1) is 21.5 Å². The molecule has 0 amide bonds. The third-order valence-electron chi connectivity index (χ3n) is 17.1.